The topological polar surface area (TPSA) is 66.8 Å². The number of carbonyl (C=O) groups is 1. The van der Waals surface area contributed by atoms with Crippen molar-refractivity contribution in [2.45, 2.75) is 58.4 Å². The highest BCUT2D eigenvalue weighted by atomic mass is 16.2. The number of hydrogen-bond donors (Lipinski definition) is 1. The number of rotatable bonds is 7. The second-order valence-corrected chi connectivity index (χ2v) is 6.60. The van der Waals surface area contributed by atoms with Crippen LogP contribution in [0.3, 0.4) is 0 Å². The summed E-state index contributed by atoms with van der Waals surface area (Å²) in [5, 5.41) is 7.61. The number of nitrogens with zero attached hydrogens (tertiary/aromatic N) is 4. The molecule has 1 aliphatic rings. The van der Waals surface area contributed by atoms with Crippen molar-refractivity contribution in [3.05, 3.63) is 35.2 Å². The number of H-pyrrole nitrogens is 1. The van der Waals surface area contributed by atoms with Crippen LogP contribution in [-0.2, 0) is 37.6 Å². The summed E-state index contributed by atoms with van der Waals surface area (Å²) in [5.74, 6) is 1.11. The first kappa shape index (κ1) is 16.7. The lowest BCUT2D eigenvalue weighted by atomic mass is 9.94. The standard InChI is InChI=1S/C18H27N5O/c1-3-11-23(13-17-19-10-12-22(17)2)18(24)9-8-16-14-6-4-5-7-15(14)20-21-16/h10,12H,3-9,11,13H2,1-2H3,(H,20,21). The molecule has 6 heteroatoms. The summed E-state index contributed by atoms with van der Waals surface area (Å²) in [7, 11) is 1.97. The monoisotopic (exact) mass is 329 g/mol. The second kappa shape index (κ2) is 7.64. The van der Waals surface area contributed by atoms with Gasteiger partial charge in [-0.15, -0.1) is 0 Å². The number of aromatic amines is 1. The number of hydrogen-bond acceptors (Lipinski definition) is 3. The molecule has 24 heavy (non-hydrogen) atoms. The molecule has 2 aromatic rings. The number of aryl methyl sites for hydroxylation is 3. The Hall–Kier alpha value is -2.11. The van der Waals surface area contributed by atoms with Gasteiger partial charge in [0.1, 0.15) is 5.82 Å². The molecule has 0 aliphatic heterocycles. The SMILES string of the molecule is CCCN(Cc1nccn1C)C(=O)CCc1n[nH]c2c1CCCC2. The number of imidazole rings is 1. The van der Waals surface area contributed by atoms with E-state index in [2.05, 4.69) is 22.1 Å². The molecule has 0 fully saturated rings. The zero-order valence-electron chi connectivity index (χ0n) is 14.7. The quantitative estimate of drug-likeness (QED) is 0.848. The van der Waals surface area contributed by atoms with Crippen LogP contribution in [0.15, 0.2) is 12.4 Å². The van der Waals surface area contributed by atoms with E-state index in [1.165, 1.54) is 24.1 Å². The molecule has 1 aliphatic carbocycles. The first-order valence-corrected chi connectivity index (χ1v) is 8.98. The van der Waals surface area contributed by atoms with Crippen LogP contribution in [-0.4, -0.2) is 37.1 Å². The Balaban J connectivity index is 1.61. The third kappa shape index (κ3) is 3.68. The third-order valence-electron chi connectivity index (χ3n) is 4.82. The summed E-state index contributed by atoms with van der Waals surface area (Å²) < 4.78 is 1.97. The summed E-state index contributed by atoms with van der Waals surface area (Å²) >= 11 is 0. The van der Waals surface area contributed by atoms with Crippen LogP contribution in [0.5, 0.6) is 0 Å². The first-order valence-electron chi connectivity index (χ1n) is 8.98. The molecule has 2 aromatic heterocycles. The minimum atomic E-state index is 0.187. The predicted molar refractivity (Wildman–Crippen MR) is 92.5 cm³/mol. The van der Waals surface area contributed by atoms with E-state index in [1.54, 1.807) is 6.20 Å². The maximum Gasteiger partial charge on any atom is 0.223 e. The highest BCUT2D eigenvalue weighted by Crippen LogP contribution is 2.23. The highest BCUT2D eigenvalue weighted by molar-refractivity contribution is 5.76. The van der Waals surface area contributed by atoms with Crippen LogP contribution in [0, 0.1) is 0 Å². The van der Waals surface area contributed by atoms with Crippen LogP contribution in [0.25, 0.3) is 0 Å². The molecule has 1 amide bonds. The van der Waals surface area contributed by atoms with E-state index in [1.807, 2.05) is 22.7 Å². The molecule has 6 nitrogen and oxygen atoms in total. The van der Waals surface area contributed by atoms with E-state index >= 15 is 0 Å². The molecule has 0 radical (unpaired) electrons. The molecule has 2 heterocycles. The number of fused-ring (bicyclic) bond motifs is 1. The Kier molecular flexibility index (Phi) is 5.33. The fourth-order valence-electron chi connectivity index (χ4n) is 3.42. The van der Waals surface area contributed by atoms with Gasteiger partial charge in [0.05, 0.1) is 12.2 Å². The Morgan fingerprint density at radius 1 is 1.38 bits per heavy atom. The van der Waals surface area contributed by atoms with E-state index in [0.29, 0.717) is 13.0 Å². The fourth-order valence-corrected chi connectivity index (χ4v) is 3.42. The van der Waals surface area contributed by atoms with Gasteiger partial charge in [0, 0.05) is 44.5 Å². The Bertz CT molecular complexity index is 687. The molecule has 0 atom stereocenters. The van der Waals surface area contributed by atoms with Gasteiger partial charge in [-0.25, -0.2) is 4.98 Å². The zero-order chi connectivity index (χ0) is 16.9. The van der Waals surface area contributed by atoms with Crippen LogP contribution in [0.1, 0.15) is 55.4 Å². The number of aromatic nitrogens is 4. The lowest BCUT2D eigenvalue weighted by Gasteiger charge is -2.22. The van der Waals surface area contributed by atoms with Gasteiger partial charge in [-0.1, -0.05) is 6.92 Å². The van der Waals surface area contributed by atoms with Gasteiger partial charge in [-0.3, -0.25) is 9.89 Å². The average molecular weight is 329 g/mol. The molecule has 130 valence electrons. The highest BCUT2D eigenvalue weighted by Gasteiger charge is 2.19. The number of nitrogens with one attached hydrogen (secondary N) is 1. The Labute approximate surface area is 143 Å². The summed E-state index contributed by atoms with van der Waals surface area (Å²) in [6.07, 6.45) is 10.6. The van der Waals surface area contributed by atoms with Crippen LogP contribution < -0.4 is 0 Å². The van der Waals surface area contributed by atoms with Crippen molar-refractivity contribution in [1.82, 2.24) is 24.6 Å². The molecule has 0 unspecified atom stereocenters. The largest absolute Gasteiger partial charge is 0.337 e. The lowest BCUT2D eigenvalue weighted by molar-refractivity contribution is -0.132. The van der Waals surface area contributed by atoms with Gasteiger partial charge < -0.3 is 9.47 Å². The maximum absolute atomic E-state index is 12.7. The molecule has 0 aromatic carbocycles. The maximum atomic E-state index is 12.7. The molecule has 0 bridgehead atoms. The predicted octanol–water partition coefficient (Wildman–Crippen LogP) is 2.39. The number of carbonyl (C=O) groups excluding carboxylic acids is 1. The van der Waals surface area contributed by atoms with Crippen molar-refractivity contribution in [2.24, 2.45) is 7.05 Å². The van der Waals surface area contributed by atoms with Crippen molar-refractivity contribution in [3.63, 3.8) is 0 Å². The van der Waals surface area contributed by atoms with Crippen molar-refractivity contribution < 1.29 is 4.79 Å². The van der Waals surface area contributed by atoms with E-state index in [4.69, 9.17) is 0 Å². The van der Waals surface area contributed by atoms with Crippen LogP contribution in [0.2, 0.25) is 0 Å². The van der Waals surface area contributed by atoms with E-state index in [0.717, 1.165) is 43.7 Å². The number of amides is 1. The van der Waals surface area contributed by atoms with Crippen molar-refractivity contribution >= 4 is 5.91 Å². The summed E-state index contributed by atoms with van der Waals surface area (Å²) in [6, 6.07) is 0. The molecule has 1 N–H and O–H groups in total. The summed E-state index contributed by atoms with van der Waals surface area (Å²) in [6.45, 7) is 3.45. The van der Waals surface area contributed by atoms with Gasteiger partial charge in [0.15, 0.2) is 0 Å². The zero-order valence-corrected chi connectivity index (χ0v) is 14.7. The Morgan fingerprint density at radius 3 is 2.96 bits per heavy atom. The fraction of sp³-hybridized carbons (Fsp3) is 0.611. The van der Waals surface area contributed by atoms with Crippen LogP contribution in [0.4, 0.5) is 0 Å². The molecule has 0 saturated carbocycles. The lowest BCUT2D eigenvalue weighted by Crippen LogP contribution is -2.32. The third-order valence-corrected chi connectivity index (χ3v) is 4.82. The minimum Gasteiger partial charge on any atom is -0.337 e. The smallest absolute Gasteiger partial charge is 0.223 e. The molecule has 0 spiro atoms. The minimum absolute atomic E-state index is 0.187. The molecule has 3 rings (SSSR count). The average Bonchev–Trinajstić information content (AvgIpc) is 3.19. The first-order chi connectivity index (χ1) is 11.7. The van der Waals surface area contributed by atoms with Gasteiger partial charge in [0.25, 0.3) is 0 Å². The van der Waals surface area contributed by atoms with Crippen LogP contribution >= 0.6 is 0 Å². The van der Waals surface area contributed by atoms with Crippen molar-refractivity contribution in [1.29, 1.82) is 0 Å². The Morgan fingerprint density at radius 2 is 2.21 bits per heavy atom. The second-order valence-electron chi connectivity index (χ2n) is 6.60. The van der Waals surface area contributed by atoms with E-state index < -0.39 is 0 Å². The molecular weight excluding hydrogens is 302 g/mol. The van der Waals surface area contributed by atoms with E-state index in [-0.39, 0.29) is 5.91 Å². The van der Waals surface area contributed by atoms with Gasteiger partial charge in [0.2, 0.25) is 5.91 Å². The summed E-state index contributed by atoms with van der Waals surface area (Å²) in [5.41, 5.74) is 3.73. The van der Waals surface area contributed by atoms with Crippen molar-refractivity contribution in [3.8, 4) is 0 Å². The van der Waals surface area contributed by atoms with Gasteiger partial charge in [-0.05, 0) is 37.7 Å². The summed E-state index contributed by atoms with van der Waals surface area (Å²) in [4.78, 5) is 18.9. The molecular formula is C18H27N5O. The van der Waals surface area contributed by atoms with E-state index in [9.17, 15) is 4.79 Å². The molecule has 0 saturated heterocycles. The normalized spacial score (nSPS) is 13.8. The van der Waals surface area contributed by atoms with Gasteiger partial charge >= 0.3 is 0 Å². The van der Waals surface area contributed by atoms with Gasteiger partial charge in [-0.2, -0.15) is 5.10 Å². The van der Waals surface area contributed by atoms with Crippen molar-refractivity contribution in [2.75, 3.05) is 6.54 Å².